The van der Waals surface area contributed by atoms with E-state index in [1.54, 1.807) is 24.1 Å². The molecule has 6 nitrogen and oxygen atoms in total. The predicted molar refractivity (Wildman–Crippen MR) is 99.5 cm³/mol. The molecule has 0 aliphatic rings. The van der Waals surface area contributed by atoms with Crippen molar-refractivity contribution in [3.8, 4) is 5.75 Å². The number of hydrogen-bond donors (Lipinski definition) is 0. The second kappa shape index (κ2) is 9.48. The van der Waals surface area contributed by atoms with E-state index in [1.165, 1.54) is 36.4 Å². The first kappa shape index (κ1) is 20.9. The van der Waals surface area contributed by atoms with Crippen LogP contribution in [0.15, 0.2) is 48.5 Å². The second-order valence-corrected chi connectivity index (χ2v) is 7.59. The van der Waals surface area contributed by atoms with Crippen LogP contribution in [0.5, 0.6) is 5.75 Å². The minimum atomic E-state index is -3.59. The van der Waals surface area contributed by atoms with E-state index in [-0.39, 0.29) is 11.7 Å². The zero-order valence-corrected chi connectivity index (χ0v) is 16.0. The van der Waals surface area contributed by atoms with E-state index >= 15 is 0 Å². The van der Waals surface area contributed by atoms with Gasteiger partial charge in [-0.1, -0.05) is 12.1 Å². The summed E-state index contributed by atoms with van der Waals surface area (Å²) in [5, 5.41) is 0. The second-order valence-electron chi connectivity index (χ2n) is 6.01. The number of methoxy groups -OCH3 is 1. The molecule has 2 aromatic rings. The zero-order chi connectivity index (χ0) is 19.9. The fraction of sp³-hybridized carbons (Fsp3) is 0.316. The number of nitrogens with zero attached hydrogens (tertiary/aromatic N) is 1. The van der Waals surface area contributed by atoms with Crippen LogP contribution in [0.3, 0.4) is 0 Å². The van der Waals surface area contributed by atoms with Gasteiger partial charge in [-0.3, -0.25) is 4.79 Å². The molecule has 0 heterocycles. The summed E-state index contributed by atoms with van der Waals surface area (Å²) in [6, 6.07) is 11.9. The highest BCUT2D eigenvalue weighted by Crippen LogP contribution is 2.17. The van der Waals surface area contributed by atoms with Crippen molar-refractivity contribution in [1.29, 1.82) is 0 Å². The van der Waals surface area contributed by atoms with E-state index < -0.39 is 15.9 Å². The van der Waals surface area contributed by atoms with Gasteiger partial charge in [0.05, 0.1) is 6.26 Å². The molecule has 0 atom stereocenters. The Kier molecular flexibility index (Phi) is 7.32. The largest absolute Gasteiger partial charge is 0.385 e. The predicted octanol–water partition coefficient (Wildman–Crippen LogP) is 2.84. The number of amides is 1. The number of halogens is 1. The van der Waals surface area contributed by atoms with Gasteiger partial charge < -0.3 is 13.8 Å². The smallest absolute Gasteiger partial charge is 0.306 e. The minimum Gasteiger partial charge on any atom is -0.385 e. The molecule has 1 amide bonds. The fourth-order valence-corrected chi connectivity index (χ4v) is 2.93. The molecule has 0 aliphatic carbocycles. The van der Waals surface area contributed by atoms with Crippen molar-refractivity contribution in [2.45, 2.75) is 13.0 Å². The van der Waals surface area contributed by atoms with Gasteiger partial charge in [0.15, 0.2) is 0 Å². The molecular weight excluding hydrogens is 373 g/mol. The maximum absolute atomic E-state index is 13.1. The summed E-state index contributed by atoms with van der Waals surface area (Å²) in [7, 11) is -2.00. The van der Waals surface area contributed by atoms with Gasteiger partial charge >= 0.3 is 10.1 Å². The molecule has 0 unspecified atom stereocenters. The van der Waals surface area contributed by atoms with Crippen molar-refractivity contribution in [1.82, 2.24) is 4.90 Å². The van der Waals surface area contributed by atoms with Gasteiger partial charge in [-0.05, 0) is 48.4 Å². The molecule has 27 heavy (non-hydrogen) atoms. The van der Waals surface area contributed by atoms with Gasteiger partial charge in [-0.25, -0.2) is 4.39 Å². The molecule has 8 heteroatoms. The van der Waals surface area contributed by atoms with Gasteiger partial charge in [-0.15, -0.1) is 0 Å². The lowest BCUT2D eigenvalue weighted by Crippen LogP contribution is -2.32. The number of carbonyl (C=O) groups excluding carboxylic acids is 1. The van der Waals surface area contributed by atoms with E-state index in [9.17, 15) is 17.6 Å². The van der Waals surface area contributed by atoms with Crippen LogP contribution < -0.4 is 4.18 Å². The molecule has 0 spiro atoms. The van der Waals surface area contributed by atoms with Gasteiger partial charge in [0.1, 0.15) is 11.6 Å². The van der Waals surface area contributed by atoms with E-state index in [2.05, 4.69) is 0 Å². The van der Waals surface area contributed by atoms with Gasteiger partial charge in [0.2, 0.25) is 0 Å². The van der Waals surface area contributed by atoms with E-state index in [0.717, 1.165) is 11.8 Å². The first-order valence-electron chi connectivity index (χ1n) is 8.30. The summed E-state index contributed by atoms with van der Waals surface area (Å²) >= 11 is 0. The number of ether oxygens (including phenoxy) is 1. The highest BCUT2D eigenvalue weighted by molar-refractivity contribution is 7.86. The van der Waals surface area contributed by atoms with Crippen molar-refractivity contribution in [2.24, 2.45) is 0 Å². The van der Waals surface area contributed by atoms with Crippen molar-refractivity contribution in [3.05, 3.63) is 65.5 Å². The lowest BCUT2D eigenvalue weighted by molar-refractivity contribution is 0.0723. The monoisotopic (exact) mass is 395 g/mol. The Morgan fingerprint density at radius 1 is 1.07 bits per heavy atom. The first-order valence-corrected chi connectivity index (χ1v) is 10.1. The van der Waals surface area contributed by atoms with Crippen LogP contribution in [0.25, 0.3) is 0 Å². The summed E-state index contributed by atoms with van der Waals surface area (Å²) in [5.41, 5.74) is 1.20. The maximum Gasteiger partial charge on any atom is 0.306 e. The van der Waals surface area contributed by atoms with Crippen LogP contribution in [-0.2, 0) is 21.4 Å². The average Bonchev–Trinajstić information content (AvgIpc) is 2.61. The average molecular weight is 395 g/mol. The molecule has 0 saturated heterocycles. The first-order chi connectivity index (χ1) is 12.8. The lowest BCUT2D eigenvalue weighted by Gasteiger charge is -2.23. The Morgan fingerprint density at radius 2 is 1.70 bits per heavy atom. The van der Waals surface area contributed by atoms with Crippen LogP contribution in [0.4, 0.5) is 4.39 Å². The third-order valence-electron chi connectivity index (χ3n) is 3.70. The summed E-state index contributed by atoms with van der Waals surface area (Å²) in [4.78, 5) is 14.4. The van der Waals surface area contributed by atoms with E-state index in [4.69, 9.17) is 8.92 Å². The van der Waals surface area contributed by atoms with Crippen molar-refractivity contribution < 1.29 is 26.5 Å². The highest BCUT2D eigenvalue weighted by Gasteiger charge is 2.16. The zero-order valence-electron chi connectivity index (χ0n) is 15.2. The number of carbonyl (C=O) groups is 1. The topological polar surface area (TPSA) is 72.9 Å². The number of benzene rings is 2. The molecule has 0 N–H and O–H groups in total. The van der Waals surface area contributed by atoms with Crippen molar-refractivity contribution >= 4 is 16.0 Å². The molecule has 146 valence electrons. The molecule has 0 saturated carbocycles. The van der Waals surface area contributed by atoms with Gasteiger partial charge in [0.25, 0.3) is 5.91 Å². The normalized spacial score (nSPS) is 11.2. The minimum absolute atomic E-state index is 0.206. The van der Waals surface area contributed by atoms with Crippen molar-refractivity contribution in [2.75, 3.05) is 26.5 Å². The van der Waals surface area contributed by atoms with Crippen LogP contribution in [0.1, 0.15) is 22.3 Å². The third kappa shape index (κ3) is 6.99. The standard InChI is InChI=1S/C19H22FNO5S/c1-25-13-3-12-21(19(22)16-6-8-17(20)9-7-16)14-15-4-10-18(11-5-15)26-27(2,23)24/h4-11H,3,12-14H2,1-2H3. The number of rotatable bonds is 9. The van der Waals surface area contributed by atoms with Crippen LogP contribution in [0.2, 0.25) is 0 Å². The quantitative estimate of drug-likeness (QED) is 0.482. The molecule has 2 aromatic carbocycles. The SMILES string of the molecule is COCCCN(Cc1ccc(OS(C)(=O)=O)cc1)C(=O)c1ccc(F)cc1. The van der Waals surface area contributed by atoms with E-state index in [0.29, 0.717) is 31.7 Å². The Morgan fingerprint density at radius 3 is 2.26 bits per heavy atom. The summed E-state index contributed by atoms with van der Waals surface area (Å²) < 4.78 is 45.3. The molecule has 0 radical (unpaired) electrons. The summed E-state index contributed by atoms with van der Waals surface area (Å²) in [6.07, 6.45) is 1.62. The van der Waals surface area contributed by atoms with Gasteiger partial charge in [-0.2, -0.15) is 8.42 Å². The van der Waals surface area contributed by atoms with Crippen LogP contribution in [0, 0.1) is 5.82 Å². The van der Waals surface area contributed by atoms with Gasteiger partial charge in [0, 0.05) is 32.4 Å². The van der Waals surface area contributed by atoms with E-state index in [1.807, 2.05) is 0 Å². The Balaban J connectivity index is 2.13. The van der Waals surface area contributed by atoms with Crippen LogP contribution in [-0.4, -0.2) is 45.7 Å². The molecule has 0 aromatic heterocycles. The summed E-state index contributed by atoms with van der Waals surface area (Å²) in [5.74, 6) is -0.418. The highest BCUT2D eigenvalue weighted by atomic mass is 32.2. The Hall–Kier alpha value is -2.45. The third-order valence-corrected chi connectivity index (χ3v) is 4.19. The lowest BCUT2D eigenvalue weighted by atomic mass is 10.1. The Labute approximate surface area is 158 Å². The Bertz CT molecular complexity index is 851. The molecule has 0 fully saturated rings. The molecule has 0 aliphatic heterocycles. The fourth-order valence-electron chi connectivity index (χ4n) is 2.47. The molecule has 0 bridgehead atoms. The molecule has 2 rings (SSSR count). The summed E-state index contributed by atoms with van der Waals surface area (Å²) in [6.45, 7) is 1.29. The maximum atomic E-state index is 13.1. The molecular formula is C19H22FNO5S. The van der Waals surface area contributed by atoms with Crippen molar-refractivity contribution in [3.63, 3.8) is 0 Å². The number of hydrogen-bond acceptors (Lipinski definition) is 5. The van der Waals surface area contributed by atoms with Crippen LogP contribution >= 0.6 is 0 Å².